The maximum atomic E-state index is 11.3. The Morgan fingerprint density at radius 2 is 1.78 bits per heavy atom. The van der Waals surface area contributed by atoms with E-state index in [9.17, 15) is 10.1 Å². The normalized spacial score (nSPS) is 19.7. The summed E-state index contributed by atoms with van der Waals surface area (Å²) in [6, 6.07) is 5.24. The first-order valence-corrected chi connectivity index (χ1v) is 7.65. The maximum absolute atomic E-state index is 11.3. The monoisotopic (exact) mass is 315 g/mol. The van der Waals surface area contributed by atoms with E-state index in [4.69, 9.17) is 4.74 Å². The molecule has 23 heavy (non-hydrogen) atoms. The van der Waals surface area contributed by atoms with Crippen LogP contribution in [0.25, 0.3) is 10.8 Å². The second-order valence-electron chi connectivity index (χ2n) is 7.26. The van der Waals surface area contributed by atoms with E-state index in [1.54, 1.807) is 18.5 Å². The first kappa shape index (κ1) is 15.7. The van der Waals surface area contributed by atoms with Crippen molar-refractivity contribution in [3.8, 4) is 0 Å². The standard InChI is InChI=1S/C17H21N3O3/c1-16(2)10-19(11-17(3,4)23-16)14-5-6-15(20(21)22)13-9-18-8-7-12(13)14/h5-9H,10-11H2,1-4H3. The molecule has 0 aliphatic carbocycles. The zero-order chi connectivity index (χ0) is 16.8. The van der Waals surface area contributed by atoms with E-state index in [0.29, 0.717) is 5.39 Å². The molecule has 122 valence electrons. The minimum absolute atomic E-state index is 0.0867. The number of non-ortho nitro benzene ring substituents is 1. The van der Waals surface area contributed by atoms with Gasteiger partial charge in [-0.15, -0.1) is 0 Å². The van der Waals surface area contributed by atoms with Gasteiger partial charge in [0.05, 0.1) is 21.5 Å². The highest BCUT2D eigenvalue weighted by molar-refractivity contribution is 5.99. The Hall–Kier alpha value is -2.21. The number of rotatable bonds is 2. The van der Waals surface area contributed by atoms with Gasteiger partial charge in [-0.2, -0.15) is 0 Å². The molecule has 3 rings (SSSR count). The predicted molar refractivity (Wildman–Crippen MR) is 89.9 cm³/mol. The summed E-state index contributed by atoms with van der Waals surface area (Å²) in [6.45, 7) is 9.72. The molecular formula is C17H21N3O3. The van der Waals surface area contributed by atoms with Crippen molar-refractivity contribution in [2.45, 2.75) is 38.9 Å². The number of nitro benzene ring substituents is 1. The van der Waals surface area contributed by atoms with Crippen molar-refractivity contribution >= 4 is 22.1 Å². The Morgan fingerprint density at radius 1 is 1.13 bits per heavy atom. The Kier molecular flexibility index (Phi) is 3.52. The maximum Gasteiger partial charge on any atom is 0.278 e. The Labute approximate surface area is 135 Å². The molecule has 1 aromatic carbocycles. The number of fused-ring (bicyclic) bond motifs is 1. The summed E-state index contributed by atoms with van der Waals surface area (Å²) in [5.74, 6) is 0. The van der Waals surface area contributed by atoms with E-state index < -0.39 is 0 Å². The number of morpholine rings is 1. The van der Waals surface area contributed by atoms with E-state index in [-0.39, 0.29) is 21.8 Å². The van der Waals surface area contributed by atoms with Crippen LogP contribution in [0.1, 0.15) is 27.7 Å². The SMILES string of the molecule is CC1(C)CN(c2ccc([N+](=O)[O-])c3cnccc23)CC(C)(C)O1. The van der Waals surface area contributed by atoms with Gasteiger partial charge < -0.3 is 9.64 Å². The van der Waals surface area contributed by atoms with E-state index in [2.05, 4.69) is 37.6 Å². The quantitative estimate of drug-likeness (QED) is 0.626. The summed E-state index contributed by atoms with van der Waals surface area (Å²) in [7, 11) is 0. The summed E-state index contributed by atoms with van der Waals surface area (Å²) in [5, 5.41) is 12.7. The average Bonchev–Trinajstić information content (AvgIpc) is 2.42. The fourth-order valence-corrected chi connectivity index (χ4v) is 3.55. The third-order valence-electron chi connectivity index (χ3n) is 4.01. The van der Waals surface area contributed by atoms with Crippen LogP contribution in [0.15, 0.2) is 30.6 Å². The number of nitrogens with zero attached hydrogens (tertiary/aromatic N) is 3. The molecule has 0 atom stereocenters. The third kappa shape index (κ3) is 2.99. The lowest BCUT2D eigenvalue weighted by molar-refractivity contribution is -0.383. The molecule has 1 fully saturated rings. The molecule has 0 unspecified atom stereocenters. The Balaban J connectivity index is 2.14. The number of hydrogen-bond acceptors (Lipinski definition) is 5. The van der Waals surface area contributed by atoms with Crippen molar-refractivity contribution in [1.29, 1.82) is 0 Å². The molecule has 0 spiro atoms. The number of pyridine rings is 1. The molecule has 6 nitrogen and oxygen atoms in total. The van der Waals surface area contributed by atoms with Crippen molar-refractivity contribution in [1.82, 2.24) is 4.98 Å². The van der Waals surface area contributed by atoms with Crippen LogP contribution in [-0.2, 0) is 4.74 Å². The number of benzene rings is 1. The molecule has 0 N–H and O–H groups in total. The highest BCUT2D eigenvalue weighted by atomic mass is 16.6. The Bertz CT molecular complexity index is 755. The van der Waals surface area contributed by atoms with E-state index >= 15 is 0 Å². The fraction of sp³-hybridized carbons (Fsp3) is 0.471. The molecule has 2 aromatic rings. The van der Waals surface area contributed by atoms with Crippen molar-refractivity contribution in [3.63, 3.8) is 0 Å². The number of hydrogen-bond donors (Lipinski definition) is 0. The van der Waals surface area contributed by atoms with Crippen LogP contribution in [0, 0.1) is 10.1 Å². The highest BCUT2D eigenvalue weighted by Crippen LogP contribution is 2.37. The van der Waals surface area contributed by atoms with Crippen LogP contribution in [0.4, 0.5) is 11.4 Å². The second kappa shape index (κ2) is 5.16. The van der Waals surface area contributed by atoms with Crippen molar-refractivity contribution in [2.75, 3.05) is 18.0 Å². The van der Waals surface area contributed by atoms with Crippen molar-refractivity contribution in [2.24, 2.45) is 0 Å². The molecule has 1 saturated heterocycles. The lowest BCUT2D eigenvalue weighted by Gasteiger charge is -2.48. The molecule has 1 aliphatic rings. The van der Waals surface area contributed by atoms with Crippen LogP contribution in [-0.4, -0.2) is 34.2 Å². The molecule has 0 saturated carbocycles. The molecule has 0 amide bonds. The smallest absolute Gasteiger partial charge is 0.278 e. The zero-order valence-corrected chi connectivity index (χ0v) is 13.9. The first-order valence-electron chi connectivity index (χ1n) is 7.65. The van der Waals surface area contributed by atoms with E-state index in [0.717, 1.165) is 24.2 Å². The average molecular weight is 315 g/mol. The van der Waals surface area contributed by atoms with Gasteiger partial charge in [0.2, 0.25) is 0 Å². The molecule has 0 bridgehead atoms. The molecular weight excluding hydrogens is 294 g/mol. The van der Waals surface area contributed by atoms with Gasteiger partial charge in [-0.25, -0.2) is 0 Å². The van der Waals surface area contributed by atoms with Crippen LogP contribution in [0.2, 0.25) is 0 Å². The van der Waals surface area contributed by atoms with Gasteiger partial charge in [-0.05, 0) is 39.8 Å². The molecule has 6 heteroatoms. The zero-order valence-electron chi connectivity index (χ0n) is 13.9. The highest BCUT2D eigenvalue weighted by Gasteiger charge is 2.38. The summed E-state index contributed by atoms with van der Waals surface area (Å²) in [4.78, 5) is 17.2. The minimum atomic E-state index is -0.360. The largest absolute Gasteiger partial charge is 0.366 e. The van der Waals surface area contributed by atoms with Crippen LogP contribution >= 0.6 is 0 Å². The van der Waals surface area contributed by atoms with Crippen molar-refractivity contribution in [3.05, 3.63) is 40.7 Å². The van der Waals surface area contributed by atoms with Gasteiger partial charge in [-0.1, -0.05) is 0 Å². The lowest BCUT2D eigenvalue weighted by atomic mass is 9.97. The second-order valence-corrected chi connectivity index (χ2v) is 7.26. The van der Waals surface area contributed by atoms with Gasteiger partial charge >= 0.3 is 0 Å². The van der Waals surface area contributed by atoms with Crippen LogP contribution in [0.3, 0.4) is 0 Å². The Morgan fingerprint density at radius 3 is 2.39 bits per heavy atom. The number of ether oxygens (including phenoxy) is 1. The van der Waals surface area contributed by atoms with E-state index in [1.165, 1.54) is 0 Å². The lowest BCUT2D eigenvalue weighted by Crippen LogP contribution is -2.57. The number of nitro groups is 1. The van der Waals surface area contributed by atoms with Gasteiger partial charge in [0.25, 0.3) is 5.69 Å². The summed E-state index contributed by atoms with van der Waals surface area (Å²) < 4.78 is 6.12. The molecule has 2 heterocycles. The third-order valence-corrected chi connectivity index (χ3v) is 4.01. The van der Waals surface area contributed by atoms with Gasteiger partial charge in [0, 0.05) is 42.6 Å². The summed E-state index contributed by atoms with van der Waals surface area (Å²) >= 11 is 0. The fourth-order valence-electron chi connectivity index (χ4n) is 3.55. The number of aromatic nitrogens is 1. The molecule has 1 aromatic heterocycles. The molecule has 0 radical (unpaired) electrons. The first-order chi connectivity index (χ1) is 10.7. The van der Waals surface area contributed by atoms with Gasteiger partial charge in [-0.3, -0.25) is 15.1 Å². The van der Waals surface area contributed by atoms with E-state index in [1.807, 2.05) is 12.1 Å². The van der Waals surface area contributed by atoms with Crippen molar-refractivity contribution < 1.29 is 9.66 Å². The molecule has 1 aliphatic heterocycles. The van der Waals surface area contributed by atoms with Crippen LogP contribution in [0.5, 0.6) is 0 Å². The minimum Gasteiger partial charge on any atom is -0.366 e. The summed E-state index contributed by atoms with van der Waals surface area (Å²) in [5.41, 5.74) is 0.493. The van der Waals surface area contributed by atoms with Crippen LogP contribution < -0.4 is 4.90 Å². The number of anilines is 1. The summed E-state index contributed by atoms with van der Waals surface area (Å²) in [6.07, 6.45) is 3.24. The van der Waals surface area contributed by atoms with Gasteiger partial charge in [0.15, 0.2) is 0 Å². The van der Waals surface area contributed by atoms with Gasteiger partial charge in [0.1, 0.15) is 0 Å². The topological polar surface area (TPSA) is 68.5 Å². The predicted octanol–water partition coefficient (Wildman–Crippen LogP) is 3.54.